The molecule has 0 aliphatic heterocycles. The summed E-state index contributed by atoms with van der Waals surface area (Å²) in [6.07, 6.45) is 2.50. The Morgan fingerprint density at radius 1 is 1.23 bits per heavy atom. The number of hydrogen-bond donors (Lipinski definition) is 0. The molecule has 0 atom stereocenters. The maximum Gasteiger partial charge on any atom is 0.359 e. The van der Waals surface area contributed by atoms with Crippen LogP contribution in [0.1, 0.15) is 10.5 Å². The van der Waals surface area contributed by atoms with Crippen LogP contribution in [-0.4, -0.2) is 49.6 Å². The van der Waals surface area contributed by atoms with Gasteiger partial charge in [-0.25, -0.2) is 22.9 Å². The molecule has 2 heterocycles. The number of nitrogens with zero attached hydrogens (tertiary/aromatic N) is 3. The maximum absolute atomic E-state index is 12.1. The highest BCUT2D eigenvalue weighted by Gasteiger charge is 2.22. The van der Waals surface area contributed by atoms with Crippen molar-refractivity contribution in [1.82, 2.24) is 14.8 Å². The second-order valence-corrected chi connectivity index (χ2v) is 7.78. The summed E-state index contributed by atoms with van der Waals surface area (Å²) in [4.78, 5) is 16.1. The van der Waals surface area contributed by atoms with Gasteiger partial charge in [-0.1, -0.05) is 11.6 Å². The van der Waals surface area contributed by atoms with E-state index in [-0.39, 0.29) is 15.7 Å². The number of fused-ring (bicyclic) bond motifs is 1. The lowest BCUT2D eigenvalue weighted by Gasteiger charge is -2.11. The number of benzene rings is 1. The molecule has 0 saturated carbocycles. The van der Waals surface area contributed by atoms with E-state index in [0.717, 1.165) is 6.26 Å². The molecule has 26 heavy (non-hydrogen) atoms. The van der Waals surface area contributed by atoms with Gasteiger partial charge in [0.1, 0.15) is 16.6 Å². The topological polar surface area (TPSA) is 100 Å². The number of ether oxygens (including phenoxy) is 2. The second kappa shape index (κ2) is 6.58. The molecule has 0 radical (unpaired) electrons. The standard InChI is InChI=1S/C16H14ClN3O5S/c1-24-13-5-4-9(26(3,22)23)6-12(13)20-11-7-14(17)18-8-10(11)15(19-20)16(21)25-2/h4-8H,1-3H3. The zero-order valence-electron chi connectivity index (χ0n) is 14.1. The molecule has 0 saturated heterocycles. The highest BCUT2D eigenvalue weighted by Crippen LogP contribution is 2.31. The Labute approximate surface area is 154 Å². The number of carbonyl (C=O) groups is 1. The van der Waals surface area contributed by atoms with Gasteiger partial charge in [0.2, 0.25) is 0 Å². The summed E-state index contributed by atoms with van der Waals surface area (Å²) in [5.74, 6) is -0.290. The largest absolute Gasteiger partial charge is 0.494 e. The van der Waals surface area contributed by atoms with Crippen LogP contribution in [0.4, 0.5) is 0 Å². The molecule has 0 spiro atoms. The molecule has 1 aromatic carbocycles. The van der Waals surface area contributed by atoms with Crippen LogP contribution in [0, 0.1) is 0 Å². The fraction of sp³-hybridized carbons (Fsp3) is 0.188. The van der Waals surface area contributed by atoms with E-state index in [1.165, 1.54) is 49.4 Å². The molecule has 2 aromatic heterocycles. The van der Waals surface area contributed by atoms with Crippen LogP contribution in [0.25, 0.3) is 16.6 Å². The Kier molecular flexibility index (Phi) is 4.59. The van der Waals surface area contributed by atoms with Crippen molar-refractivity contribution in [3.05, 3.63) is 41.3 Å². The van der Waals surface area contributed by atoms with Crippen LogP contribution in [0.2, 0.25) is 5.15 Å². The van der Waals surface area contributed by atoms with E-state index in [0.29, 0.717) is 22.3 Å². The van der Waals surface area contributed by atoms with Crippen molar-refractivity contribution in [3.8, 4) is 11.4 Å². The summed E-state index contributed by atoms with van der Waals surface area (Å²) < 4.78 is 35.3. The molecule has 8 nitrogen and oxygen atoms in total. The van der Waals surface area contributed by atoms with E-state index >= 15 is 0 Å². The van der Waals surface area contributed by atoms with E-state index in [1.54, 1.807) is 0 Å². The maximum atomic E-state index is 12.1. The molecule has 0 bridgehead atoms. The van der Waals surface area contributed by atoms with Crippen molar-refractivity contribution in [2.24, 2.45) is 0 Å². The lowest BCUT2D eigenvalue weighted by molar-refractivity contribution is 0.0595. The molecule has 136 valence electrons. The fourth-order valence-corrected chi connectivity index (χ4v) is 3.28. The fourth-order valence-electron chi connectivity index (χ4n) is 2.48. The Morgan fingerprint density at radius 2 is 1.96 bits per heavy atom. The number of carbonyl (C=O) groups excluding carboxylic acids is 1. The van der Waals surface area contributed by atoms with Gasteiger partial charge in [0.25, 0.3) is 0 Å². The van der Waals surface area contributed by atoms with E-state index in [9.17, 15) is 13.2 Å². The predicted octanol–water partition coefficient (Wildman–Crippen LogP) is 2.27. The average molecular weight is 396 g/mol. The Balaban J connectivity index is 2.38. The quantitative estimate of drug-likeness (QED) is 0.493. The van der Waals surface area contributed by atoms with Crippen LogP contribution >= 0.6 is 11.6 Å². The number of esters is 1. The van der Waals surface area contributed by atoms with Crippen LogP contribution < -0.4 is 4.74 Å². The Hall–Kier alpha value is -2.65. The molecule has 10 heteroatoms. The van der Waals surface area contributed by atoms with Crippen LogP contribution in [0.15, 0.2) is 35.4 Å². The van der Waals surface area contributed by atoms with Gasteiger partial charge in [-0.15, -0.1) is 0 Å². The van der Waals surface area contributed by atoms with Gasteiger partial charge >= 0.3 is 5.97 Å². The number of rotatable bonds is 4. The lowest BCUT2D eigenvalue weighted by atomic mass is 10.2. The SMILES string of the molecule is COC(=O)c1nn(-c2cc(S(C)(=O)=O)ccc2OC)c2cc(Cl)ncc12. The molecular weight excluding hydrogens is 382 g/mol. The van der Waals surface area contributed by atoms with Crippen molar-refractivity contribution in [1.29, 1.82) is 0 Å². The van der Waals surface area contributed by atoms with Gasteiger partial charge in [-0.05, 0) is 18.2 Å². The molecule has 0 aliphatic carbocycles. The third-order valence-electron chi connectivity index (χ3n) is 3.72. The van der Waals surface area contributed by atoms with Gasteiger partial charge in [0.05, 0.1) is 30.0 Å². The van der Waals surface area contributed by atoms with Crippen molar-refractivity contribution in [2.45, 2.75) is 4.90 Å². The number of methoxy groups -OCH3 is 2. The summed E-state index contributed by atoms with van der Waals surface area (Å²) in [5, 5.41) is 4.87. The first kappa shape index (κ1) is 18.2. The minimum Gasteiger partial charge on any atom is -0.494 e. The average Bonchev–Trinajstić information content (AvgIpc) is 2.98. The molecule has 3 aromatic rings. The van der Waals surface area contributed by atoms with Gasteiger partial charge in [0.15, 0.2) is 15.5 Å². The van der Waals surface area contributed by atoms with Gasteiger partial charge in [-0.2, -0.15) is 5.10 Å². The van der Waals surface area contributed by atoms with E-state index in [4.69, 9.17) is 21.1 Å². The van der Waals surface area contributed by atoms with Crippen molar-refractivity contribution >= 4 is 38.3 Å². The van der Waals surface area contributed by atoms with Gasteiger partial charge in [-0.3, -0.25) is 0 Å². The first-order valence-electron chi connectivity index (χ1n) is 7.27. The number of halogens is 1. The van der Waals surface area contributed by atoms with Crippen LogP contribution in [0.3, 0.4) is 0 Å². The summed E-state index contributed by atoms with van der Waals surface area (Å²) in [5.41, 5.74) is 0.811. The number of hydrogen-bond acceptors (Lipinski definition) is 7. The van der Waals surface area contributed by atoms with E-state index < -0.39 is 15.8 Å². The normalized spacial score (nSPS) is 11.5. The first-order chi connectivity index (χ1) is 12.3. The molecule has 0 amide bonds. The molecule has 3 rings (SSSR count). The number of pyridine rings is 1. The zero-order chi connectivity index (χ0) is 19.1. The Bertz CT molecular complexity index is 1120. The van der Waals surface area contributed by atoms with E-state index in [2.05, 4.69) is 10.1 Å². The summed E-state index contributed by atoms with van der Waals surface area (Å²) >= 11 is 5.98. The highest BCUT2D eigenvalue weighted by atomic mass is 35.5. The summed E-state index contributed by atoms with van der Waals surface area (Å²) in [7, 11) is -0.778. The van der Waals surface area contributed by atoms with Gasteiger partial charge in [0, 0.05) is 18.5 Å². The third kappa shape index (κ3) is 3.11. The Morgan fingerprint density at radius 3 is 2.58 bits per heavy atom. The molecule has 0 N–H and O–H groups in total. The minimum absolute atomic E-state index is 0.0264. The lowest BCUT2D eigenvalue weighted by Crippen LogP contribution is -2.06. The number of aromatic nitrogens is 3. The molecule has 0 fully saturated rings. The van der Waals surface area contributed by atoms with Crippen LogP contribution in [-0.2, 0) is 14.6 Å². The molecular formula is C16H14ClN3O5S. The second-order valence-electron chi connectivity index (χ2n) is 5.38. The van der Waals surface area contributed by atoms with Crippen molar-refractivity contribution in [2.75, 3.05) is 20.5 Å². The first-order valence-corrected chi connectivity index (χ1v) is 9.54. The summed E-state index contributed by atoms with van der Waals surface area (Å²) in [6, 6.07) is 5.87. The monoisotopic (exact) mass is 395 g/mol. The van der Waals surface area contributed by atoms with Crippen LogP contribution in [0.5, 0.6) is 5.75 Å². The zero-order valence-corrected chi connectivity index (χ0v) is 15.6. The number of sulfone groups is 1. The highest BCUT2D eigenvalue weighted by molar-refractivity contribution is 7.90. The van der Waals surface area contributed by atoms with Crippen molar-refractivity contribution in [3.63, 3.8) is 0 Å². The minimum atomic E-state index is -3.46. The predicted molar refractivity (Wildman–Crippen MR) is 94.9 cm³/mol. The summed E-state index contributed by atoms with van der Waals surface area (Å²) in [6.45, 7) is 0. The third-order valence-corrected chi connectivity index (χ3v) is 5.03. The van der Waals surface area contributed by atoms with Crippen molar-refractivity contribution < 1.29 is 22.7 Å². The molecule has 0 unspecified atom stereocenters. The smallest absolute Gasteiger partial charge is 0.359 e. The molecule has 0 aliphatic rings. The van der Waals surface area contributed by atoms with Gasteiger partial charge < -0.3 is 9.47 Å². The van der Waals surface area contributed by atoms with E-state index in [1.807, 2.05) is 0 Å².